The van der Waals surface area contributed by atoms with Gasteiger partial charge in [-0.2, -0.15) is 0 Å². The summed E-state index contributed by atoms with van der Waals surface area (Å²) >= 11 is 0. The molecule has 2 aromatic heterocycles. The van der Waals surface area contributed by atoms with E-state index in [0.717, 1.165) is 63.0 Å². The molecule has 0 aliphatic carbocycles. The molecule has 1 atom stereocenters. The third kappa shape index (κ3) is 3.44. The van der Waals surface area contributed by atoms with Crippen LogP contribution in [-0.4, -0.2) is 67.4 Å². The summed E-state index contributed by atoms with van der Waals surface area (Å²) in [6.07, 6.45) is 9.40. The zero-order valence-electron chi connectivity index (χ0n) is 15.5. The molecular weight excluding hydrogens is 328 g/mol. The van der Waals surface area contributed by atoms with Crippen LogP contribution in [0.1, 0.15) is 12.8 Å². The van der Waals surface area contributed by atoms with Crippen molar-refractivity contribution in [2.24, 2.45) is 0 Å². The zero-order valence-corrected chi connectivity index (χ0v) is 15.5. The Morgan fingerprint density at radius 2 is 1.85 bits per heavy atom. The first kappa shape index (κ1) is 17.0. The third-order valence-corrected chi connectivity index (χ3v) is 5.23. The highest BCUT2D eigenvalue weighted by Crippen LogP contribution is 2.32. The van der Waals surface area contributed by atoms with Gasteiger partial charge >= 0.3 is 0 Å². The molecule has 2 aromatic rings. The molecule has 138 valence electrons. The molecule has 4 heterocycles. The van der Waals surface area contributed by atoms with E-state index in [4.69, 9.17) is 4.74 Å². The Hall–Kier alpha value is -2.41. The van der Waals surface area contributed by atoms with Crippen molar-refractivity contribution >= 4 is 17.3 Å². The highest BCUT2D eigenvalue weighted by molar-refractivity contribution is 5.50. The van der Waals surface area contributed by atoms with Crippen molar-refractivity contribution in [1.29, 1.82) is 0 Å². The number of ether oxygens (including phenoxy) is 1. The maximum absolute atomic E-state index is 6.30. The Morgan fingerprint density at radius 1 is 1.00 bits per heavy atom. The lowest BCUT2D eigenvalue weighted by atomic mass is 9.90. The summed E-state index contributed by atoms with van der Waals surface area (Å²) in [5, 5.41) is 0. The van der Waals surface area contributed by atoms with Gasteiger partial charge in [-0.3, -0.25) is 4.98 Å². The first-order valence-corrected chi connectivity index (χ1v) is 9.18. The van der Waals surface area contributed by atoms with E-state index in [-0.39, 0.29) is 5.60 Å². The van der Waals surface area contributed by atoms with Crippen molar-refractivity contribution in [3.05, 3.63) is 36.9 Å². The van der Waals surface area contributed by atoms with Crippen LogP contribution in [0.4, 0.5) is 17.3 Å². The van der Waals surface area contributed by atoms with Crippen molar-refractivity contribution in [2.45, 2.75) is 18.4 Å². The fourth-order valence-corrected chi connectivity index (χ4v) is 3.87. The van der Waals surface area contributed by atoms with Gasteiger partial charge in [0.1, 0.15) is 17.2 Å². The van der Waals surface area contributed by atoms with Gasteiger partial charge in [0.2, 0.25) is 0 Å². The van der Waals surface area contributed by atoms with Crippen LogP contribution < -0.4 is 14.7 Å². The predicted molar refractivity (Wildman–Crippen MR) is 103 cm³/mol. The second kappa shape index (κ2) is 7.07. The molecular formula is C19H26N6O. The lowest BCUT2D eigenvalue weighted by Crippen LogP contribution is -2.60. The van der Waals surface area contributed by atoms with Crippen molar-refractivity contribution in [3.8, 4) is 0 Å². The predicted octanol–water partition coefficient (Wildman–Crippen LogP) is 1.81. The monoisotopic (exact) mass is 354 g/mol. The van der Waals surface area contributed by atoms with Crippen molar-refractivity contribution < 1.29 is 4.74 Å². The first-order chi connectivity index (χ1) is 12.7. The Kier molecular flexibility index (Phi) is 4.63. The summed E-state index contributed by atoms with van der Waals surface area (Å²) < 4.78 is 6.30. The highest BCUT2D eigenvalue weighted by Gasteiger charge is 2.41. The maximum atomic E-state index is 6.30. The van der Waals surface area contributed by atoms with Gasteiger partial charge in [-0.15, -0.1) is 0 Å². The Labute approximate surface area is 154 Å². The fourth-order valence-electron chi connectivity index (χ4n) is 3.87. The smallest absolute Gasteiger partial charge is 0.147 e. The summed E-state index contributed by atoms with van der Waals surface area (Å²) in [5.74, 6) is 1.95. The fraction of sp³-hybridized carbons (Fsp3) is 0.526. The summed E-state index contributed by atoms with van der Waals surface area (Å²) in [4.78, 5) is 20.1. The molecule has 0 amide bonds. The van der Waals surface area contributed by atoms with Crippen LogP contribution in [0.3, 0.4) is 0 Å². The van der Waals surface area contributed by atoms with E-state index < -0.39 is 0 Å². The largest absolute Gasteiger partial charge is 0.376 e. The molecule has 7 nitrogen and oxygen atoms in total. The maximum Gasteiger partial charge on any atom is 0.147 e. The van der Waals surface area contributed by atoms with Gasteiger partial charge in [-0.05, 0) is 25.0 Å². The molecule has 2 saturated heterocycles. The summed E-state index contributed by atoms with van der Waals surface area (Å²) in [6.45, 7) is 4.30. The van der Waals surface area contributed by atoms with Crippen molar-refractivity contribution in [3.63, 3.8) is 0 Å². The molecule has 7 heteroatoms. The van der Waals surface area contributed by atoms with Gasteiger partial charge in [-0.25, -0.2) is 9.97 Å². The van der Waals surface area contributed by atoms with Gasteiger partial charge in [-0.1, -0.05) is 0 Å². The average Bonchev–Trinajstić information content (AvgIpc) is 2.69. The van der Waals surface area contributed by atoms with Gasteiger partial charge in [0.05, 0.1) is 37.8 Å². The molecule has 0 saturated carbocycles. The number of nitrogens with zero attached hydrogens (tertiary/aromatic N) is 6. The van der Waals surface area contributed by atoms with E-state index >= 15 is 0 Å². The summed E-state index contributed by atoms with van der Waals surface area (Å²) in [6, 6.07) is 4.23. The van der Waals surface area contributed by atoms with Crippen LogP contribution in [-0.2, 0) is 4.74 Å². The minimum atomic E-state index is -0.171. The molecule has 0 radical (unpaired) electrons. The number of hydrogen-bond acceptors (Lipinski definition) is 7. The summed E-state index contributed by atoms with van der Waals surface area (Å²) in [5.41, 5.74) is 0.943. The van der Waals surface area contributed by atoms with Crippen molar-refractivity contribution in [2.75, 3.05) is 61.6 Å². The van der Waals surface area contributed by atoms with E-state index in [1.807, 2.05) is 26.5 Å². The minimum Gasteiger partial charge on any atom is -0.376 e. The van der Waals surface area contributed by atoms with Crippen LogP contribution in [0.25, 0.3) is 0 Å². The van der Waals surface area contributed by atoms with Crippen LogP contribution in [0, 0.1) is 0 Å². The quantitative estimate of drug-likeness (QED) is 0.833. The summed E-state index contributed by atoms with van der Waals surface area (Å²) in [7, 11) is 4.06. The number of rotatable bonds is 3. The molecule has 0 aromatic carbocycles. The lowest BCUT2D eigenvalue weighted by molar-refractivity contribution is -0.0632. The van der Waals surface area contributed by atoms with E-state index in [9.17, 15) is 0 Å². The zero-order chi connectivity index (χ0) is 18.0. The number of aromatic nitrogens is 3. The standard InChI is InChI=1S/C19H26N6O/c1-23(2)16-4-5-17(22-12-16)24-9-3-6-19(14-24)15-25(10-11-26-19)18-13-20-7-8-21-18/h4-5,7-8,12-13H,3,6,9-11,14-15H2,1-2H3/t19-/m0/s1. The third-order valence-electron chi connectivity index (χ3n) is 5.23. The minimum absolute atomic E-state index is 0.171. The number of pyridine rings is 1. The number of morpholine rings is 1. The average molecular weight is 354 g/mol. The lowest BCUT2D eigenvalue weighted by Gasteiger charge is -2.48. The normalized spacial score (nSPS) is 23.3. The van der Waals surface area contributed by atoms with Gasteiger partial charge < -0.3 is 19.4 Å². The Balaban J connectivity index is 1.50. The van der Waals surface area contributed by atoms with Crippen LogP contribution >= 0.6 is 0 Å². The SMILES string of the molecule is CN(C)c1ccc(N2CCC[C@]3(C2)CN(c2cnccn2)CCO3)nc1. The highest BCUT2D eigenvalue weighted by atomic mass is 16.5. The number of hydrogen-bond donors (Lipinski definition) is 0. The molecule has 2 aliphatic heterocycles. The molecule has 1 spiro atoms. The second-order valence-electron chi connectivity index (χ2n) is 7.31. The van der Waals surface area contributed by atoms with Crippen LogP contribution in [0.15, 0.2) is 36.9 Å². The van der Waals surface area contributed by atoms with Crippen LogP contribution in [0.2, 0.25) is 0 Å². The molecule has 2 aliphatic rings. The molecule has 26 heavy (non-hydrogen) atoms. The second-order valence-corrected chi connectivity index (χ2v) is 7.31. The van der Waals surface area contributed by atoms with E-state index in [0.29, 0.717) is 0 Å². The van der Waals surface area contributed by atoms with Gasteiger partial charge in [0.25, 0.3) is 0 Å². The number of piperidine rings is 1. The van der Waals surface area contributed by atoms with Crippen LogP contribution in [0.5, 0.6) is 0 Å². The first-order valence-electron chi connectivity index (χ1n) is 9.18. The van der Waals surface area contributed by atoms with E-state index in [1.54, 1.807) is 12.4 Å². The Morgan fingerprint density at radius 3 is 2.54 bits per heavy atom. The van der Waals surface area contributed by atoms with Gasteiger partial charge in [0.15, 0.2) is 0 Å². The van der Waals surface area contributed by atoms with E-state index in [2.05, 4.69) is 41.8 Å². The van der Waals surface area contributed by atoms with Crippen molar-refractivity contribution in [1.82, 2.24) is 15.0 Å². The number of anilines is 3. The molecule has 0 N–H and O–H groups in total. The van der Waals surface area contributed by atoms with E-state index in [1.165, 1.54) is 0 Å². The molecule has 2 fully saturated rings. The van der Waals surface area contributed by atoms with Gasteiger partial charge in [0, 0.05) is 39.6 Å². The molecule has 4 rings (SSSR count). The topological polar surface area (TPSA) is 57.6 Å². The molecule has 0 bridgehead atoms. The molecule has 0 unspecified atom stereocenters. The Bertz CT molecular complexity index is 719.